The van der Waals surface area contributed by atoms with Crippen LogP contribution in [-0.2, 0) is 4.79 Å². The Morgan fingerprint density at radius 3 is 2.84 bits per heavy atom. The van der Waals surface area contributed by atoms with Gasteiger partial charge in [-0.2, -0.15) is 0 Å². The van der Waals surface area contributed by atoms with Crippen LogP contribution in [0.15, 0.2) is 30.3 Å². The minimum atomic E-state index is -0.415. The van der Waals surface area contributed by atoms with Gasteiger partial charge in [0.1, 0.15) is 11.6 Å². The van der Waals surface area contributed by atoms with Crippen molar-refractivity contribution in [2.75, 3.05) is 11.9 Å². The van der Waals surface area contributed by atoms with E-state index in [9.17, 15) is 14.0 Å². The number of amides is 1. The van der Waals surface area contributed by atoms with E-state index in [2.05, 4.69) is 5.32 Å². The molecule has 0 saturated heterocycles. The number of carbonyl (C=O) groups excluding carboxylic acids is 2. The number of ether oxygens (including phenoxy) is 1. The van der Waals surface area contributed by atoms with Gasteiger partial charge in [0.15, 0.2) is 12.4 Å². The van der Waals surface area contributed by atoms with Crippen LogP contribution >= 0.6 is 11.6 Å². The molecule has 0 aliphatic heterocycles. The molecule has 6 heteroatoms. The number of Topliss-reactive ketones (excluding diaryl/α,β-unsaturated/α-hetero) is 1. The first-order valence-corrected chi connectivity index (χ1v) is 8.29. The summed E-state index contributed by atoms with van der Waals surface area (Å²) in [7, 11) is 0. The smallest absolute Gasteiger partial charge is 0.262 e. The number of ketones is 1. The van der Waals surface area contributed by atoms with Gasteiger partial charge in [0.25, 0.3) is 5.91 Å². The third kappa shape index (κ3) is 3.51. The highest BCUT2D eigenvalue weighted by Crippen LogP contribution is 2.39. The molecule has 1 atom stereocenters. The van der Waals surface area contributed by atoms with Crippen LogP contribution in [0, 0.1) is 12.7 Å². The second-order valence-corrected chi connectivity index (χ2v) is 6.60. The number of halogens is 2. The molecule has 25 heavy (non-hydrogen) atoms. The third-order valence-corrected chi connectivity index (χ3v) is 4.47. The van der Waals surface area contributed by atoms with Crippen LogP contribution in [0.5, 0.6) is 5.75 Å². The van der Waals surface area contributed by atoms with Crippen LogP contribution < -0.4 is 10.1 Å². The number of nitrogens with one attached hydrogen (secondary N) is 1. The van der Waals surface area contributed by atoms with Gasteiger partial charge in [-0.25, -0.2) is 4.39 Å². The molecule has 0 heterocycles. The van der Waals surface area contributed by atoms with Gasteiger partial charge in [0.05, 0.1) is 5.56 Å². The molecule has 1 amide bonds. The molecule has 0 spiro atoms. The summed E-state index contributed by atoms with van der Waals surface area (Å²) in [5.41, 5.74) is 2.08. The molecule has 0 saturated carbocycles. The topological polar surface area (TPSA) is 55.4 Å². The first kappa shape index (κ1) is 17.4. The van der Waals surface area contributed by atoms with Crippen LogP contribution in [-0.4, -0.2) is 18.3 Å². The lowest BCUT2D eigenvalue weighted by Crippen LogP contribution is -2.21. The average molecular weight is 362 g/mol. The number of rotatable bonds is 4. The number of carbonyl (C=O) groups is 2. The maximum Gasteiger partial charge on any atom is 0.262 e. The zero-order chi connectivity index (χ0) is 18.1. The summed E-state index contributed by atoms with van der Waals surface area (Å²) in [5.74, 6) is -0.889. The Bertz CT molecular complexity index is 866. The third-order valence-electron chi connectivity index (χ3n) is 4.24. The number of benzene rings is 2. The van der Waals surface area contributed by atoms with E-state index in [1.54, 1.807) is 25.1 Å². The van der Waals surface area contributed by atoms with Crippen LogP contribution in [0.4, 0.5) is 10.1 Å². The van der Waals surface area contributed by atoms with Crippen molar-refractivity contribution in [3.63, 3.8) is 0 Å². The molecule has 4 nitrogen and oxygen atoms in total. The molecule has 0 unspecified atom stereocenters. The standard InChI is InChI=1S/C19H17ClFNO3/c1-10-7-12(20)3-5-14(10)22-17(24)9-25-16-6-4-13(21)18-11(2)8-15(23)19(16)18/h3-7,11H,8-9H2,1-2H3,(H,22,24)/t11-/m0/s1. The van der Waals surface area contributed by atoms with Crippen molar-refractivity contribution in [3.8, 4) is 5.75 Å². The monoisotopic (exact) mass is 361 g/mol. The van der Waals surface area contributed by atoms with Crippen LogP contribution in [0.25, 0.3) is 0 Å². The van der Waals surface area contributed by atoms with Gasteiger partial charge in [0, 0.05) is 22.7 Å². The molecule has 2 aromatic rings. The first-order valence-electron chi connectivity index (χ1n) is 7.91. The Morgan fingerprint density at radius 1 is 1.36 bits per heavy atom. The first-order chi connectivity index (χ1) is 11.9. The van der Waals surface area contributed by atoms with Crippen molar-refractivity contribution < 1.29 is 18.7 Å². The molecular weight excluding hydrogens is 345 g/mol. The van der Waals surface area contributed by atoms with Gasteiger partial charge in [-0.05, 0) is 48.7 Å². The average Bonchev–Trinajstić information content (AvgIpc) is 2.85. The van der Waals surface area contributed by atoms with E-state index in [1.165, 1.54) is 12.1 Å². The number of anilines is 1. The van der Waals surface area contributed by atoms with Crippen molar-refractivity contribution in [2.24, 2.45) is 0 Å². The van der Waals surface area contributed by atoms with Crippen LogP contribution in [0.2, 0.25) is 5.02 Å². The number of hydrogen-bond donors (Lipinski definition) is 1. The molecule has 3 rings (SSSR count). The zero-order valence-electron chi connectivity index (χ0n) is 13.9. The summed E-state index contributed by atoms with van der Waals surface area (Å²) in [4.78, 5) is 24.2. The van der Waals surface area contributed by atoms with Crippen molar-refractivity contribution >= 4 is 29.0 Å². The SMILES string of the molecule is Cc1cc(Cl)ccc1NC(=O)COc1ccc(F)c2c1C(=O)C[C@@H]2C. The Balaban J connectivity index is 1.72. The van der Waals surface area contributed by atoms with Crippen LogP contribution in [0.3, 0.4) is 0 Å². The predicted octanol–water partition coefficient (Wildman–Crippen LogP) is 4.49. The lowest BCUT2D eigenvalue weighted by Gasteiger charge is -2.13. The highest BCUT2D eigenvalue weighted by molar-refractivity contribution is 6.30. The Kier molecular flexibility index (Phi) is 4.77. The summed E-state index contributed by atoms with van der Waals surface area (Å²) >= 11 is 5.89. The second kappa shape index (κ2) is 6.84. The fraction of sp³-hybridized carbons (Fsp3) is 0.263. The quantitative estimate of drug-likeness (QED) is 0.872. The molecule has 0 radical (unpaired) electrons. The molecular formula is C19H17ClFNO3. The fourth-order valence-corrected chi connectivity index (χ4v) is 3.27. The minimum Gasteiger partial charge on any atom is -0.483 e. The number of aryl methyl sites for hydroxylation is 1. The van der Waals surface area contributed by atoms with E-state index in [4.69, 9.17) is 16.3 Å². The molecule has 0 bridgehead atoms. The molecule has 0 fully saturated rings. The molecule has 1 aliphatic rings. The van der Waals surface area contributed by atoms with Gasteiger partial charge >= 0.3 is 0 Å². The normalized spacial score (nSPS) is 15.8. The van der Waals surface area contributed by atoms with E-state index in [0.29, 0.717) is 16.3 Å². The largest absolute Gasteiger partial charge is 0.483 e. The Hall–Kier alpha value is -2.40. The van der Waals surface area contributed by atoms with Crippen molar-refractivity contribution in [1.82, 2.24) is 0 Å². The second-order valence-electron chi connectivity index (χ2n) is 6.16. The lowest BCUT2D eigenvalue weighted by atomic mass is 10.0. The Labute approximate surface area is 149 Å². The molecule has 1 N–H and O–H groups in total. The van der Waals surface area contributed by atoms with E-state index < -0.39 is 5.82 Å². The summed E-state index contributed by atoms with van der Waals surface area (Å²) in [6.07, 6.45) is 0.253. The van der Waals surface area contributed by atoms with E-state index in [1.807, 2.05) is 6.92 Å². The summed E-state index contributed by atoms with van der Waals surface area (Å²) in [5, 5.41) is 3.31. The predicted molar refractivity (Wildman–Crippen MR) is 94.1 cm³/mol. The summed E-state index contributed by atoms with van der Waals surface area (Å²) in [6.45, 7) is 3.35. The van der Waals surface area contributed by atoms with Gasteiger partial charge in [-0.15, -0.1) is 0 Å². The zero-order valence-corrected chi connectivity index (χ0v) is 14.6. The van der Waals surface area contributed by atoms with E-state index >= 15 is 0 Å². The molecule has 2 aromatic carbocycles. The highest BCUT2D eigenvalue weighted by Gasteiger charge is 2.32. The van der Waals surface area contributed by atoms with Crippen molar-refractivity contribution in [1.29, 1.82) is 0 Å². The number of fused-ring (bicyclic) bond motifs is 1. The van der Waals surface area contributed by atoms with Crippen molar-refractivity contribution in [2.45, 2.75) is 26.2 Å². The van der Waals surface area contributed by atoms with Gasteiger partial charge < -0.3 is 10.1 Å². The number of hydrogen-bond acceptors (Lipinski definition) is 3. The maximum absolute atomic E-state index is 14.0. The van der Waals surface area contributed by atoms with Gasteiger partial charge in [0.2, 0.25) is 0 Å². The van der Waals surface area contributed by atoms with Gasteiger partial charge in [-0.1, -0.05) is 18.5 Å². The summed E-state index contributed by atoms with van der Waals surface area (Å²) < 4.78 is 19.5. The summed E-state index contributed by atoms with van der Waals surface area (Å²) in [6, 6.07) is 7.79. The van der Waals surface area contributed by atoms with Crippen LogP contribution in [0.1, 0.15) is 40.7 Å². The van der Waals surface area contributed by atoms with Gasteiger partial charge in [-0.3, -0.25) is 9.59 Å². The molecule has 0 aromatic heterocycles. The molecule has 1 aliphatic carbocycles. The molecule has 130 valence electrons. The lowest BCUT2D eigenvalue weighted by molar-refractivity contribution is -0.118. The maximum atomic E-state index is 14.0. The highest BCUT2D eigenvalue weighted by atomic mass is 35.5. The van der Waals surface area contributed by atoms with E-state index in [-0.39, 0.29) is 41.9 Å². The van der Waals surface area contributed by atoms with Crippen molar-refractivity contribution in [3.05, 3.63) is 57.9 Å². The minimum absolute atomic E-state index is 0.161. The van der Waals surface area contributed by atoms with E-state index in [0.717, 1.165) is 5.56 Å². The Morgan fingerprint density at radius 2 is 2.12 bits per heavy atom. The fourth-order valence-electron chi connectivity index (χ4n) is 3.04.